The summed E-state index contributed by atoms with van der Waals surface area (Å²) in [4.78, 5) is 16.3. The molecular weight excluding hydrogens is 222 g/mol. The van der Waals surface area contributed by atoms with Gasteiger partial charge in [0.2, 0.25) is 5.91 Å². The van der Waals surface area contributed by atoms with Crippen LogP contribution in [0.25, 0.3) is 0 Å². The van der Waals surface area contributed by atoms with Gasteiger partial charge in [-0.2, -0.15) is 0 Å². The largest absolute Gasteiger partial charge is 0.393 e. The van der Waals surface area contributed by atoms with E-state index in [0.29, 0.717) is 18.0 Å². The maximum Gasteiger partial charge on any atom is 0.236 e. The normalized spacial score (nSPS) is 16.5. The lowest BCUT2D eigenvalue weighted by atomic mass is 10.1. The smallest absolute Gasteiger partial charge is 0.236 e. The highest BCUT2D eigenvalue weighted by molar-refractivity contribution is 7.80. The van der Waals surface area contributed by atoms with Gasteiger partial charge in [-0.15, -0.1) is 0 Å². The van der Waals surface area contributed by atoms with E-state index < -0.39 is 0 Å². The summed E-state index contributed by atoms with van der Waals surface area (Å²) in [6.07, 6.45) is 4.21. The molecule has 1 rings (SSSR count). The molecule has 0 unspecified atom stereocenters. The molecule has 5 heteroatoms. The fourth-order valence-corrected chi connectivity index (χ4v) is 1.95. The lowest BCUT2D eigenvalue weighted by Gasteiger charge is -2.28. The molecule has 0 spiro atoms. The Morgan fingerprint density at radius 3 is 2.56 bits per heavy atom. The molecule has 1 aliphatic rings. The molecule has 1 heterocycles. The first kappa shape index (κ1) is 13.4. The topological polar surface area (TPSA) is 49.6 Å². The molecule has 0 aliphatic carbocycles. The van der Waals surface area contributed by atoms with Gasteiger partial charge in [-0.1, -0.05) is 12.2 Å². The second kappa shape index (κ2) is 6.81. The number of nitrogens with zero attached hydrogens (tertiary/aromatic N) is 2. The summed E-state index contributed by atoms with van der Waals surface area (Å²) >= 11 is 4.81. The fourth-order valence-electron chi connectivity index (χ4n) is 1.85. The zero-order valence-corrected chi connectivity index (χ0v) is 10.8. The molecule has 1 amide bonds. The van der Waals surface area contributed by atoms with Crippen molar-refractivity contribution in [1.29, 1.82) is 0 Å². The molecule has 92 valence electrons. The first-order valence-electron chi connectivity index (χ1n) is 5.84. The number of hydrogen-bond donors (Lipinski definition) is 1. The lowest BCUT2D eigenvalue weighted by Crippen LogP contribution is -2.42. The number of rotatable bonds is 5. The van der Waals surface area contributed by atoms with Gasteiger partial charge in [-0.3, -0.25) is 9.69 Å². The molecule has 1 fully saturated rings. The molecule has 0 radical (unpaired) electrons. The summed E-state index contributed by atoms with van der Waals surface area (Å²) in [5.74, 6) is 0.227. The van der Waals surface area contributed by atoms with Crippen molar-refractivity contribution in [1.82, 2.24) is 9.80 Å². The van der Waals surface area contributed by atoms with Crippen LogP contribution in [-0.4, -0.2) is 53.9 Å². The molecule has 0 aromatic rings. The van der Waals surface area contributed by atoms with Crippen LogP contribution in [0.4, 0.5) is 0 Å². The summed E-state index contributed by atoms with van der Waals surface area (Å²) in [5, 5.41) is 0. The van der Waals surface area contributed by atoms with Gasteiger partial charge < -0.3 is 10.6 Å². The Balaban J connectivity index is 2.23. The summed E-state index contributed by atoms with van der Waals surface area (Å²) < 4.78 is 0. The van der Waals surface area contributed by atoms with E-state index in [9.17, 15) is 4.79 Å². The van der Waals surface area contributed by atoms with E-state index in [1.807, 2.05) is 16.8 Å². The molecule has 0 bridgehead atoms. The highest BCUT2D eigenvalue weighted by Gasteiger charge is 2.17. The van der Waals surface area contributed by atoms with Gasteiger partial charge in [0.15, 0.2) is 0 Å². The van der Waals surface area contributed by atoms with Crippen LogP contribution < -0.4 is 5.73 Å². The molecular formula is C11H21N3OS. The first-order chi connectivity index (χ1) is 7.59. The Morgan fingerprint density at radius 1 is 1.38 bits per heavy atom. The van der Waals surface area contributed by atoms with E-state index in [1.54, 1.807) is 0 Å². The number of likely N-dealkylation sites (N-methyl/N-ethyl adjacent to an activating group) is 1. The Morgan fingerprint density at radius 2 is 2.00 bits per heavy atom. The molecule has 4 nitrogen and oxygen atoms in total. The van der Waals surface area contributed by atoms with Crippen LogP contribution in [0.2, 0.25) is 0 Å². The monoisotopic (exact) mass is 243 g/mol. The predicted octanol–water partition coefficient (Wildman–Crippen LogP) is 0.607. The third-order valence-corrected chi connectivity index (χ3v) is 3.06. The Hall–Kier alpha value is -0.680. The van der Waals surface area contributed by atoms with Crippen molar-refractivity contribution in [3.8, 4) is 0 Å². The number of likely N-dealkylation sites (tertiary alicyclic amines) is 1. The van der Waals surface area contributed by atoms with Crippen molar-refractivity contribution in [2.75, 3.05) is 33.2 Å². The number of amides is 1. The summed E-state index contributed by atoms with van der Waals surface area (Å²) in [7, 11) is 1.93. The van der Waals surface area contributed by atoms with Crippen LogP contribution in [0, 0.1) is 0 Å². The summed E-state index contributed by atoms with van der Waals surface area (Å²) in [6.45, 7) is 3.07. The van der Waals surface area contributed by atoms with Crippen molar-refractivity contribution in [3.63, 3.8) is 0 Å². The number of piperidine rings is 1. The van der Waals surface area contributed by atoms with Crippen LogP contribution in [0.3, 0.4) is 0 Å². The number of carbonyl (C=O) groups is 1. The van der Waals surface area contributed by atoms with E-state index in [1.165, 1.54) is 6.42 Å². The van der Waals surface area contributed by atoms with Gasteiger partial charge in [0.25, 0.3) is 0 Å². The second-order valence-electron chi connectivity index (χ2n) is 4.40. The van der Waals surface area contributed by atoms with Crippen molar-refractivity contribution in [3.05, 3.63) is 0 Å². The maximum atomic E-state index is 11.9. The Kier molecular flexibility index (Phi) is 5.69. The first-order valence-corrected chi connectivity index (χ1v) is 6.25. The van der Waals surface area contributed by atoms with E-state index in [4.69, 9.17) is 18.0 Å². The number of nitrogens with two attached hydrogens (primary N) is 1. The average Bonchev–Trinajstić information content (AvgIpc) is 2.27. The lowest BCUT2D eigenvalue weighted by molar-refractivity contribution is -0.132. The van der Waals surface area contributed by atoms with Gasteiger partial charge in [-0.25, -0.2) is 0 Å². The number of carbonyl (C=O) groups excluding carboxylic acids is 1. The number of thiocarbonyl (C=S) groups is 1. The van der Waals surface area contributed by atoms with Crippen LogP contribution in [0.1, 0.15) is 25.7 Å². The number of hydrogen-bond acceptors (Lipinski definition) is 3. The highest BCUT2D eigenvalue weighted by atomic mass is 32.1. The molecule has 16 heavy (non-hydrogen) atoms. The third kappa shape index (κ3) is 4.90. The standard InChI is InChI=1S/C11H21N3OS/c1-13(8-5-10(12)16)9-11(15)14-6-3-2-4-7-14/h2-9H2,1H3,(H2,12,16). The minimum absolute atomic E-state index is 0.227. The predicted molar refractivity (Wildman–Crippen MR) is 69.3 cm³/mol. The maximum absolute atomic E-state index is 11.9. The van der Waals surface area contributed by atoms with Gasteiger partial charge >= 0.3 is 0 Å². The molecule has 1 saturated heterocycles. The van der Waals surface area contributed by atoms with Crippen LogP contribution in [-0.2, 0) is 4.79 Å². The fraction of sp³-hybridized carbons (Fsp3) is 0.818. The zero-order chi connectivity index (χ0) is 12.0. The van der Waals surface area contributed by atoms with Crippen molar-refractivity contribution >= 4 is 23.1 Å². The Bertz CT molecular complexity index is 252. The third-order valence-electron chi connectivity index (χ3n) is 2.85. The van der Waals surface area contributed by atoms with Crippen molar-refractivity contribution in [2.24, 2.45) is 5.73 Å². The molecule has 0 atom stereocenters. The van der Waals surface area contributed by atoms with Gasteiger partial charge in [0.05, 0.1) is 11.5 Å². The van der Waals surface area contributed by atoms with Crippen molar-refractivity contribution < 1.29 is 4.79 Å². The zero-order valence-electron chi connectivity index (χ0n) is 9.95. The van der Waals surface area contributed by atoms with Crippen LogP contribution >= 0.6 is 12.2 Å². The molecule has 0 saturated carbocycles. The molecule has 0 aromatic carbocycles. The van der Waals surface area contributed by atoms with E-state index in [-0.39, 0.29) is 5.91 Å². The van der Waals surface area contributed by atoms with Gasteiger partial charge in [0.1, 0.15) is 0 Å². The second-order valence-corrected chi connectivity index (χ2v) is 4.92. The molecule has 2 N–H and O–H groups in total. The average molecular weight is 243 g/mol. The van der Waals surface area contributed by atoms with E-state index in [2.05, 4.69) is 0 Å². The quantitative estimate of drug-likeness (QED) is 0.719. The van der Waals surface area contributed by atoms with Crippen LogP contribution in [0.5, 0.6) is 0 Å². The van der Waals surface area contributed by atoms with E-state index in [0.717, 1.165) is 32.5 Å². The summed E-state index contributed by atoms with van der Waals surface area (Å²) in [5.41, 5.74) is 5.42. The molecule has 1 aliphatic heterocycles. The SMILES string of the molecule is CN(CCC(N)=S)CC(=O)N1CCCCC1. The van der Waals surface area contributed by atoms with Gasteiger partial charge in [-0.05, 0) is 26.3 Å². The van der Waals surface area contributed by atoms with Crippen molar-refractivity contribution in [2.45, 2.75) is 25.7 Å². The summed E-state index contributed by atoms with van der Waals surface area (Å²) in [6, 6.07) is 0. The highest BCUT2D eigenvalue weighted by Crippen LogP contribution is 2.08. The Labute approximate surface area is 103 Å². The van der Waals surface area contributed by atoms with Gasteiger partial charge in [0, 0.05) is 26.1 Å². The van der Waals surface area contributed by atoms with E-state index >= 15 is 0 Å². The minimum Gasteiger partial charge on any atom is -0.393 e. The minimum atomic E-state index is 0.227. The van der Waals surface area contributed by atoms with Crippen LogP contribution in [0.15, 0.2) is 0 Å². The molecule has 0 aromatic heterocycles.